The molecule has 1 fully saturated rings. The van der Waals surface area contributed by atoms with Crippen LogP contribution in [0.4, 0.5) is 0 Å². The molecule has 1 amide bonds. The van der Waals surface area contributed by atoms with E-state index in [1.165, 1.54) is 0 Å². The lowest BCUT2D eigenvalue weighted by molar-refractivity contribution is -0.122. The van der Waals surface area contributed by atoms with E-state index in [1.807, 2.05) is 18.5 Å². The predicted octanol–water partition coefficient (Wildman–Crippen LogP) is 0.727. The summed E-state index contributed by atoms with van der Waals surface area (Å²) in [6.45, 7) is 8.00. The number of ether oxygens (including phenoxy) is 1. The number of morpholine rings is 1. The van der Waals surface area contributed by atoms with Gasteiger partial charge in [0.25, 0.3) is 0 Å². The van der Waals surface area contributed by atoms with Crippen LogP contribution in [0.2, 0.25) is 0 Å². The number of aryl methyl sites for hydroxylation is 3. The minimum absolute atomic E-state index is 0.0911. The van der Waals surface area contributed by atoms with Gasteiger partial charge in [-0.05, 0) is 33.4 Å². The Labute approximate surface area is 126 Å². The van der Waals surface area contributed by atoms with E-state index in [0.29, 0.717) is 13.0 Å². The van der Waals surface area contributed by atoms with Crippen LogP contribution in [0.5, 0.6) is 0 Å². The fourth-order valence-corrected chi connectivity index (χ4v) is 2.60. The first kappa shape index (κ1) is 16.0. The summed E-state index contributed by atoms with van der Waals surface area (Å²) in [6.07, 6.45) is 1.45. The van der Waals surface area contributed by atoms with Crippen molar-refractivity contribution in [1.82, 2.24) is 20.0 Å². The van der Waals surface area contributed by atoms with Crippen molar-refractivity contribution >= 4 is 5.91 Å². The first-order valence-corrected chi connectivity index (χ1v) is 7.62. The number of nitrogens with one attached hydrogen (secondary N) is 1. The van der Waals surface area contributed by atoms with Gasteiger partial charge < -0.3 is 15.0 Å². The van der Waals surface area contributed by atoms with E-state index in [4.69, 9.17) is 4.74 Å². The topological polar surface area (TPSA) is 59.4 Å². The molecule has 1 aliphatic rings. The Bertz CT molecular complexity index is 472. The van der Waals surface area contributed by atoms with Crippen LogP contribution < -0.4 is 5.32 Å². The maximum atomic E-state index is 11.8. The third-order valence-corrected chi connectivity index (χ3v) is 3.75. The van der Waals surface area contributed by atoms with E-state index in [-0.39, 0.29) is 12.0 Å². The molecule has 1 saturated heterocycles. The molecule has 1 N–H and O–H groups in total. The van der Waals surface area contributed by atoms with Gasteiger partial charge in [-0.2, -0.15) is 5.10 Å². The molecule has 2 heterocycles. The lowest BCUT2D eigenvalue weighted by atomic mass is 10.2. The van der Waals surface area contributed by atoms with Gasteiger partial charge in [0.2, 0.25) is 5.91 Å². The summed E-state index contributed by atoms with van der Waals surface area (Å²) in [7, 11) is 2.08. The van der Waals surface area contributed by atoms with Crippen molar-refractivity contribution in [2.75, 3.05) is 33.3 Å². The van der Waals surface area contributed by atoms with Gasteiger partial charge in [0.15, 0.2) is 0 Å². The third kappa shape index (κ3) is 5.13. The molecular weight excluding hydrogens is 268 g/mol. The quantitative estimate of drug-likeness (QED) is 0.840. The second kappa shape index (κ2) is 7.56. The van der Waals surface area contributed by atoms with Gasteiger partial charge in [-0.15, -0.1) is 0 Å². The van der Waals surface area contributed by atoms with E-state index < -0.39 is 0 Å². The number of rotatable bonds is 6. The fraction of sp³-hybridized carbons (Fsp3) is 0.733. The number of hydrogen-bond acceptors (Lipinski definition) is 4. The SMILES string of the molecule is Cc1cc(C)n(CCCC(=O)NC[C@H]2CN(C)CCO2)n1. The van der Waals surface area contributed by atoms with Crippen LogP contribution in [0.3, 0.4) is 0 Å². The minimum Gasteiger partial charge on any atom is -0.374 e. The van der Waals surface area contributed by atoms with Gasteiger partial charge >= 0.3 is 0 Å². The maximum absolute atomic E-state index is 11.8. The summed E-state index contributed by atoms with van der Waals surface area (Å²) < 4.78 is 7.58. The van der Waals surface area contributed by atoms with Crippen molar-refractivity contribution in [3.05, 3.63) is 17.5 Å². The molecule has 6 nitrogen and oxygen atoms in total. The Morgan fingerprint density at radius 3 is 3.00 bits per heavy atom. The highest BCUT2D eigenvalue weighted by Crippen LogP contribution is 2.04. The summed E-state index contributed by atoms with van der Waals surface area (Å²) in [5.41, 5.74) is 2.17. The van der Waals surface area contributed by atoms with Crippen LogP contribution >= 0.6 is 0 Å². The standard InChI is InChI=1S/C15H26N4O2/c1-12-9-13(2)19(17-12)6-4-5-15(20)16-10-14-11-18(3)7-8-21-14/h9,14H,4-8,10-11H2,1-3H3,(H,16,20)/t14-/m0/s1. The molecule has 1 atom stereocenters. The Balaban J connectivity index is 1.62. The van der Waals surface area contributed by atoms with Gasteiger partial charge in [0.05, 0.1) is 18.4 Å². The second-order valence-corrected chi connectivity index (χ2v) is 5.81. The summed E-state index contributed by atoms with van der Waals surface area (Å²) in [6, 6.07) is 2.05. The zero-order valence-electron chi connectivity index (χ0n) is 13.3. The van der Waals surface area contributed by atoms with Crippen LogP contribution in [-0.4, -0.2) is 60.0 Å². The van der Waals surface area contributed by atoms with E-state index in [1.54, 1.807) is 0 Å². The Morgan fingerprint density at radius 1 is 1.52 bits per heavy atom. The number of amides is 1. The largest absolute Gasteiger partial charge is 0.374 e. The van der Waals surface area contributed by atoms with E-state index in [0.717, 1.165) is 44.0 Å². The predicted molar refractivity (Wildman–Crippen MR) is 81.2 cm³/mol. The van der Waals surface area contributed by atoms with Gasteiger partial charge in [0.1, 0.15) is 0 Å². The van der Waals surface area contributed by atoms with Crippen LogP contribution in [0.25, 0.3) is 0 Å². The molecule has 0 unspecified atom stereocenters. The Kier molecular flexibility index (Phi) is 5.76. The van der Waals surface area contributed by atoms with Crippen LogP contribution in [0.15, 0.2) is 6.07 Å². The zero-order chi connectivity index (χ0) is 15.2. The van der Waals surface area contributed by atoms with Crippen LogP contribution in [0, 0.1) is 13.8 Å². The number of hydrogen-bond donors (Lipinski definition) is 1. The molecule has 2 rings (SSSR count). The van der Waals surface area contributed by atoms with Gasteiger partial charge in [-0.1, -0.05) is 0 Å². The van der Waals surface area contributed by atoms with Crippen molar-refractivity contribution in [3.63, 3.8) is 0 Å². The van der Waals surface area contributed by atoms with Crippen LogP contribution in [0.1, 0.15) is 24.2 Å². The summed E-state index contributed by atoms with van der Waals surface area (Å²) in [5.74, 6) is 0.0911. The molecule has 1 aliphatic heterocycles. The molecule has 0 spiro atoms. The molecule has 21 heavy (non-hydrogen) atoms. The summed E-state index contributed by atoms with van der Waals surface area (Å²) in [4.78, 5) is 14.1. The normalized spacial score (nSPS) is 19.7. The molecule has 1 aromatic rings. The highest BCUT2D eigenvalue weighted by molar-refractivity contribution is 5.75. The third-order valence-electron chi connectivity index (χ3n) is 3.75. The minimum atomic E-state index is 0.0911. The fourth-order valence-electron chi connectivity index (χ4n) is 2.60. The van der Waals surface area contributed by atoms with Crippen molar-refractivity contribution < 1.29 is 9.53 Å². The molecular formula is C15H26N4O2. The molecule has 0 aliphatic carbocycles. The monoisotopic (exact) mass is 294 g/mol. The van der Waals surface area contributed by atoms with Crippen molar-refractivity contribution in [2.24, 2.45) is 0 Å². The lowest BCUT2D eigenvalue weighted by Crippen LogP contribution is -2.45. The van der Waals surface area contributed by atoms with E-state index >= 15 is 0 Å². The summed E-state index contributed by atoms with van der Waals surface area (Å²) >= 11 is 0. The average Bonchev–Trinajstić information content (AvgIpc) is 2.75. The van der Waals surface area contributed by atoms with Gasteiger partial charge in [0, 0.05) is 38.3 Å². The van der Waals surface area contributed by atoms with Crippen molar-refractivity contribution in [1.29, 1.82) is 0 Å². The maximum Gasteiger partial charge on any atom is 0.220 e. The van der Waals surface area contributed by atoms with Crippen LogP contribution in [-0.2, 0) is 16.1 Å². The van der Waals surface area contributed by atoms with Crippen molar-refractivity contribution in [3.8, 4) is 0 Å². The smallest absolute Gasteiger partial charge is 0.220 e. The molecule has 1 aromatic heterocycles. The Morgan fingerprint density at radius 2 is 2.33 bits per heavy atom. The molecule has 0 saturated carbocycles. The molecule has 6 heteroatoms. The Hall–Kier alpha value is -1.40. The first-order valence-electron chi connectivity index (χ1n) is 7.62. The highest BCUT2D eigenvalue weighted by atomic mass is 16.5. The summed E-state index contributed by atoms with van der Waals surface area (Å²) in [5, 5.41) is 7.35. The number of nitrogens with zero attached hydrogens (tertiary/aromatic N) is 3. The zero-order valence-corrected chi connectivity index (χ0v) is 13.3. The van der Waals surface area contributed by atoms with Gasteiger partial charge in [-0.25, -0.2) is 0 Å². The molecule has 0 bridgehead atoms. The van der Waals surface area contributed by atoms with E-state index in [9.17, 15) is 4.79 Å². The molecule has 118 valence electrons. The second-order valence-electron chi connectivity index (χ2n) is 5.81. The lowest BCUT2D eigenvalue weighted by Gasteiger charge is -2.30. The number of carbonyl (C=O) groups is 1. The first-order chi connectivity index (χ1) is 10.0. The number of likely N-dealkylation sites (N-methyl/N-ethyl adjacent to an activating group) is 1. The van der Waals surface area contributed by atoms with E-state index in [2.05, 4.69) is 28.4 Å². The highest BCUT2D eigenvalue weighted by Gasteiger charge is 2.18. The van der Waals surface area contributed by atoms with Crippen molar-refractivity contribution in [2.45, 2.75) is 39.3 Å². The number of aromatic nitrogens is 2. The average molecular weight is 294 g/mol. The number of carbonyl (C=O) groups excluding carboxylic acids is 1. The molecule has 0 aromatic carbocycles. The van der Waals surface area contributed by atoms with Gasteiger partial charge in [-0.3, -0.25) is 9.48 Å². The molecule has 0 radical (unpaired) electrons.